The average molecular weight is 353 g/mol. The zero-order valence-corrected chi connectivity index (χ0v) is 15.1. The molecule has 0 aromatic heterocycles. The third kappa shape index (κ3) is 3.93. The Hall–Kier alpha value is -1.88. The van der Waals surface area contributed by atoms with Gasteiger partial charge in [-0.1, -0.05) is 48.5 Å². The number of hydrogen-bond acceptors (Lipinski definition) is 4. The first kappa shape index (κ1) is 17.5. The van der Waals surface area contributed by atoms with Crippen LogP contribution in [0.5, 0.6) is 5.75 Å². The van der Waals surface area contributed by atoms with E-state index in [1.54, 1.807) is 0 Å². The number of benzene rings is 2. The minimum absolute atomic E-state index is 0.220. The van der Waals surface area contributed by atoms with Crippen LogP contribution in [0, 0.1) is 0 Å². The number of β-amino-alcohol motifs (C(OH)–C–C–N with tert-alkyl or cyclic N) is 1. The van der Waals surface area contributed by atoms with Gasteiger partial charge >= 0.3 is 0 Å². The van der Waals surface area contributed by atoms with Gasteiger partial charge in [0.05, 0.1) is 6.10 Å². The summed E-state index contributed by atoms with van der Waals surface area (Å²) in [4.78, 5) is 2.31. The molecule has 1 N–H and O–H groups in total. The predicted octanol–water partition coefficient (Wildman–Crippen LogP) is 3.34. The number of nitrogens with zero attached hydrogens (tertiary/aromatic N) is 1. The Bertz CT molecular complexity index is 714. The second-order valence-corrected chi connectivity index (χ2v) is 7.41. The van der Waals surface area contributed by atoms with Crippen molar-refractivity contribution in [1.82, 2.24) is 4.90 Å². The van der Waals surface area contributed by atoms with Crippen molar-refractivity contribution in [2.45, 2.75) is 37.5 Å². The molecule has 2 aromatic carbocycles. The van der Waals surface area contributed by atoms with Crippen LogP contribution >= 0.6 is 0 Å². The Morgan fingerprint density at radius 2 is 1.92 bits per heavy atom. The molecule has 2 aliphatic rings. The maximum atomic E-state index is 11.0. The molecule has 0 amide bonds. The zero-order valence-electron chi connectivity index (χ0n) is 15.1. The first-order chi connectivity index (χ1) is 12.7. The van der Waals surface area contributed by atoms with Gasteiger partial charge in [-0.15, -0.1) is 0 Å². The lowest BCUT2D eigenvalue weighted by molar-refractivity contribution is 0.0450. The van der Waals surface area contributed by atoms with Gasteiger partial charge in [0.1, 0.15) is 18.0 Å². The highest BCUT2D eigenvalue weighted by molar-refractivity contribution is 5.33. The third-order valence-corrected chi connectivity index (χ3v) is 5.45. The van der Waals surface area contributed by atoms with E-state index < -0.39 is 5.60 Å². The van der Waals surface area contributed by atoms with E-state index in [-0.39, 0.29) is 6.10 Å². The summed E-state index contributed by atoms with van der Waals surface area (Å²) in [5.41, 5.74) is 1.42. The minimum Gasteiger partial charge on any atom is -0.491 e. The van der Waals surface area contributed by atoms with Gasteiger partial charge in [0.15, 0.2) is 0 Å². The summed E-state index contributed by atoms with van der Waals surface area (Å²) in [6, 6.07) is 18.2. The first-order valence-electron chi connectivity index (χ1n) is 9.55. The van der Waals surface area contributed by atoms with Crippen LogP contribution in [0.3, 0.4) is 0 Å². The van der Waals surface area contributed by atoms with E-state index in [0.29, 0.717) is 13.2 Å². The fourth-order valence-electron chi connectivity index (χ4n) is 3.96. The van der Waals surface area contributed by atoms with E-state index in [4.69, 9.17) is 9.47 Å². The zero-order chi connectivity index (χ0) is 17.8. The molecule has 138 valence electrons. The van der Waals surface area contributed by atoms with Crippen LogP contribution in [0.2, 0.25) is 0 Å². The van der Waals surface area contributed by atoms with Gasteiger partial charge in [0.2, 0.25) is 0 Å². The van der Waals surface area contributed by atoms with Crippen molar-refractivity contribution >= 4 is 0 Å². The smallest absolute Gasteiger partial charge is 0.123 e. The van der Waals surface area contributed by atoms with Gasteiger partial charge in [0.25, 0.3) is 0 Å². The van der Waals surface area contributed by atoms with E-state index in [2.05, 4.69) is 11.0 Å². The van der Waals surface area contributed by atoms with E-state index in [9.17, 15) is 5.11 Å². The minimum atomic E-state index is -0.755. The second-order valence-electron chi connectivity index (χ2n) is 7.41. The largest absolute Gasteiger partial charge is 0.491 e. The number of para-hydroxylation sites is 1. The van der Waals surface area contributed by atoms with Crippen molar-refractivity contribution in [3.63, 3.8) is 0 Å². The fourth-order valence-corrected chi connectivity index (χ4v) is 3.96. The molecule has 0 bridgehead atoms. The molecule has 26 heavy (non-hydrogen) atoms. The van der Waals surface area contributed by atoms with E-state index in [1.807, 2.05) is 48.5 Å². The molecule has 2 aromatic rings. The standard InChI is InChI=1S/C22H27NO3/c24-22(19-8-2-1-3-9-19)12-13-23(17-22)15-18-7-4-5-11-21(18)26-16-20-10-6-14-25-20/h1-5,7-9,11,20,24H,6,10,12-17H2/t20-,22+/m1/s1. The molecule has 2 fully saturated rings. The average Bonchev–Trinajstić information content (AvgIpc) is 3.32. The molecule has 0 spiro atoms. The highest BCUT2D eigenvalue weighted by Crippen LogP contribution is 2.33. The van der Waals surface area contributed by atoms with Crippen molar-refractivity contribution in [2.24, 2.45) is 0 Å². The number of ether oxygens (including phenoxy) is 2. The lowest BCUT2D eigenvalue weighted by atomic mass is 9.93. The molecular formula is C22H27NO3. The topological polar surface area (TPSA) is 41.9 Å². The van der Waals surface area contributed by atoms with Crippen LogP contribution < -0.4 is 4.74 Å². The normalized spacial score (nSPS) is 26.3. The Morgan fingerprint density at radius 1 is 1.12 bits per heavy atom. The monoisotopic (exact) mass is 353 g/mol. The Morgan fingerprint density at radius 3 is 2.73 bits per heavy atom. The SMILES string of the molecule is O[C@@]1(c2ccccc2)CCN(Cc2ccccc2OC[C@H]2CCCO2)C1. The summed E-state index contributed by atoms with van der Waals surface area (Å²) < 4.78 is 11.7. The van der Waals surface area contributed by atoms with Gasteiger partial charge in [0, 0.05) is 31.8 Å². The van der Waals surface area contributed by atoms with E-state index >= 15 is 0 Å². The van der Waals surface area contributed by atoms with Crippen LogP contribution in [0.25, 0.3) is 0 Å². The van der Waals surface area contributed by atoms with Crippen molar-refractivity contribution in [1.29, 1.82) is 0 Å². The molecule has 4 rings (SSSR count). The summed E-state index contributed by atoms with van der Waals surface area (Å²) in [6.45, 7) is 3.78. The van der Waals surface area contributed by atoms with Gasteiger partial charge in [-0.25, -0.2) is 0 Å². The molecule has 0 unspecified atom stereocenters. The Balaban J connectivity index is 1.40. The van der Waals surface area contributed by atoms with Crippen LogP contribution in [0.15, 0.2) is 54.6 Å². The number of hydrogen-bond donors (Lipinski definition) is 1. The van der Waals surface area contributed by atoms with Crippen molar-refractivity contribution < 1.29 is 14.6 Å². The molecule has 0 saturated carbocycles. The maximum absolute atomic E-state index is 11.0. The summed E-state index contributed by atoms with van der Waals surface area (Å²) in [6.07, 6.45) is 3.19. The molecule has 0 aliphatic carbocycles. The fraction of sp³-hybridized carbons (Fsp3) is 0.455. The molecule has 2 aliphatic heterocycles. The van der Waals surface area contributed by atoms with Crippen LogP contribution in [0.1, 0.15) is 30.4 Å². The molecule has 2 saturated heterocycles. The Labute approximate surface area is 155 Å². The summed E-state index contributed by atoms with van der Waals surface area (Å²) in [5.74, 6) is 0.929. The molecule has 2 atom stereocenters. The van der Waals surface area contributed by atoms with Crippen LogP contribution in [-0.2, 0) is 16.9 Å². The lowest BCUT2D eigenvalue weighted by Gasteiger charge is -2.24. The molecule has 0 radical (unpaired) electrons. The third-order valence-electron chi connectivity index (χ3n) is 5.45. The highest BCUT2D eigenvalue weighted by Gasteiger charge is 2.37. The number of likely N-dealkylation sites (tertiary alicyclic amines) is 1. The second kappa shape index (κ2) is 7.78. The molecular weight excluding hydrogens is 326 g/mol. The van der Waals surface area contributed by atoms with Gasteiger partial charge in [-0.2, -0.15) is 0 Å². The molecule has 4 heteroatoms. The first-order valence-corrected chi connectivity index (χ1v) is 9.55. The van der Waals surface area contributed by atoms with Crippen LogP contribution in [0.4, 0.5) is 0 Å². The summed E-state index contributed by atoms with van der Waals surface area (Å²) >= 11 is 0. The number of rotatable bonds is 6. The lowest BCUT2D eigenvalue weighted by Crippen LogP contribution is -2.30. The quantitative estimate of drug-likeness (QED) is 0.865. The van der Waals surface area contributed by atoms with Gasteiger partial charge in [-0.05, 0) is 30.9 Å². The maximum Gasteiger partial charge on any atom is 0.123 e. The highest BCUT2D eigenvalue weighted by atomic mass is 16.5. The van der Waals surface area contributed by atoms with Crippen LogP contribution in [-0.4, -0.2) is 42.4 Å². The van der Waals surface area contributed by atoms with Crippen molar-refractivity contribution in [3.8, 4) is 5.75 Å². The van der Waals surface area contributed by atoms with E-state index in [1.165, 1.54) is 5.56 Å². The summed E-state index contributed by atoms with van der Waals surface area (Å²) in [7, 11) is 0. The van der Waals surface area contributed by atoms with Gasteiger partial charge < -0.3 is 14.6 Å². The Kier molecular flexibility index (Phi) is 5.25. The van der Waals surface area contributed by atoms with Crippen molar-refractivity contribution in [2.75, 3.05) is 26.3 Å². The summed E-state index contributed by atoms with van der Waals surface area (Å²) in [5, 5.41) is 11.0. The molecule has 4 nitrogen and oxygen atoms in total. The van der Waals surface area contributed by atoms with E-state index in [0.717, 1.165) is 50.3 Å². The van der Waals surface area contributed by atoms with Gasteiger partial charge in [-0.3, -0.25) is 4.90 Å². The molecule has 2 heterocycles. The number of aliphatic hydroxyl groups is 1. The van der Waals surface area contributed by atoms with Crippen molar-refractivity contribution in [3.05, 3.63) is 65.7 Å². The predicted molar refractivity (Wildman–Crippen MR) is 101 cm³/mol.